The van der Waals surface area contributed by atoms with Gasteiger partial charge in [-0.1, -0.05) is 0 Å². The predicted molar refractivity (Wildman–Crippen MR) is 105 cm³/mol. The van der Waals surface area contributed by atoms with Gasteiger partial charge in [0.05, 0.1) is 32.5 Å². The van der Waals surface area contributed by atoms with Crippen molar-refractivity contribution in [2.75, 3.05) is 26.9 Å². The van der Waals surface area contributed by atoms with E-state index in [1.807, 2.05) is 0 Å². The van der Waals surface area contributed by atoms with Gasteiger partial charge in [-0.05, 0) is 51.0 Å². The Labute approximate surface area is 164 Å². The van der Waals surface area contributed by atoms with Crippen molar-refractivity contribution in [2.24, 2.45) is 0 Å². The van der Waals surface area contributed by atoms with E-state index in [1.54, 1.807) is 45.2 Å². The number of methoxy groups -OCH3 is 1. The highest BCUT2D eigenvalue weighted by molar-refractivity contribution is 7.55. The van der Waals surface area contributed by atoms with Crippen molar-refractivity contribution in [3.05, 3.63) is 35.5 Å². The molecule has 0 aliphatic rings. The van der Waals surface area contributed by atoms with Crippen molar-refractivity contribution < 1.29 is 32.7 Å². The van der Waals surface area contributed by atoms with Gasteiger partial charge in [0, 0.05) is 17.1 Å². The Morgan fingerprint density at radius 1 is 1.11 bits per heavy atom. The van der Waals surface area contributed by atoms with Gasteiger partial charge >= 0.3 is 19.5 Å². The van der Waals surface area contributed by atoms with E-state index in [4.69, 9.17) is 18.5 Å². The second kappa shape index (κ2) is 9.87. The van der Waals surface area contributed by atoms with Crippen LogP contribution in [0.5, 0.6) is 0 Å². The molecule has 0 saturated carbocycles. The minimum atomic E-state index is -3.75. The first-order valence-electron chi connectivity index (χ1n) is 9.13. The lowest BCUT2D eigenvalue weighted by atomic mass is 10.1. The van der Waals surface area contributed by atoms with Gasteiger partial charge in [-0.2, -0.15) is 0 Å². The van der Waals surface area contributed by atoms with Gasteiger partial charge in [-0.15, -0.1) is 0 Å². The largest absolute Gasteiger partial charge is 0.465 e. The Hall–Kier alpha value is -2.15. The minimum Gasteiger partial charge on any atom is -0.465 e. The maximum absolute atomic E-state index is 13.3. The Morgan fingerprint density at radius 3 is 2.36 bits per heavy atom. The lowest BCUT2D eigenvalue weighted by molar-refractivity contribution is -0.143. The number of benzene rings is 1. The first kappa shape index (κ1) is 22.1. The Balaban J connectivity index is 2.47. The second-order valence-corrected chi connectivity index (χ2v) is 8.13. The number of fused-ring (bicyclic) bond motifs is 1. The molecule has 1 aromatic carbocycles. The van der Waals surface area contributed by atoms with Gasteiger partial charge in [0.15, 0.2) is 5.66 Å². The third-order valence-corrected chi connectivity index (χ3v) is 6.55. The van der Waals surface area contributed by atoms with Gasteiger partial charge in [0.1, 0.15) is 0 Å². The number of ether oxygens (including phenoxy) is 2. The molecule has 1 unspecified atom stereocenters. The van der Waals surface area contributed by atoms with Crippen molar-refractivity contribution in [1.29, 1.82) is 0 Å². The molecule has 0 aliphatic carbocycles. The van der Waals surface area contributed by atoms with Crippen molar-refractivity contribution in [2.45, 2.75) is 32.9 Å². The molecule has 1 heterocycles. The summed E-state index contributed by atoms with van der Waals surface area (Å²) < 4.78 is 34.0. The van der Waals surface area contributed by atoms with Crippen LogP contribution < -0.4 is 0 Å². The monoisotopic (exact) mass is 411 g/mol. The van der Waals surface area contributed by atoms with E-state index in [1.165, 1.54) is 7.11 Å². The number of carbonyl (C=O) groups excluding carboxylic acids is 2. The molecule has 1 N–H and O–H groups in total. The van der Waals surface area contributed by atoms with Gasteiger partial charge in [0.2, 0.25) is 0 Å². The third-order valence-electron chi connectivity index (χ3n) is 4.16. The molecular formula is C19H26NO7P. The summed E-state index contributed by atoms with van der Waals surface area (Å²) >= 11 is 0. The molecule has 9 heteroatoms. The summed E-state index contributed by atoms with van der Waals surface area (Å²) in [6.07, 6.45) is 1.78. The summed E-state index contributed by atoms with van der Waals surface area (Å²) in [5.41, 5.74) is 0.723. The van der Waals surface area contributed by atoms with Gasteiger partial charge in [0.25, 0.3) is 0 Å². The van der Waals surface area contributed by atoms with E-state index in [0.29, 0.717) is 11.1 Å². The number of nitrogens with one attached hydrogen (secondary N) is 1. The number of hydrogen-bond donors (Lipinski definition) is 1. The van der Waals surface area contributed by atoms with Crippen molar-refractivity contribution in [1.82, 2.24) is 4.98 Å². The topological polar surface area (TPSA) is 104 Å². The van der Waals surface area contributed by atoms with E-state index in [2.05, 4.69) is 4.98 Å². The van der Waals surface area contributed by atoms with Crippen molar-refractivity contribution >= 4 is 30.4 Å². The van der Waals surface area contributed by atoms with Crippen molar-refractivity contribution in [3.63, 3.8) is 0 Å². The molecular weight excluding hydrogens is 385 g/mol. The minimum absolute atomic E-state index is 0.0702. The average molecular weight is 411 g/mol. The predicted octanol–water partition coefficient (Wildman–Crippen LogP) is 3.69. The fourth-order valence-corrected chi connectivity index (χ4v) is 4.85. The number of rotatable bonds is 10. The summed E-state index contributed by atoms with van der Waals surface area (Å²) in [6.45, 7) is 5.45. The van der Waals surface area contributed by atoms with Crippen LogP contribution in [0.1, 0.15) is 36.7 Å². The number of carbonyl (C=O) groups is 2. The zero-order valence-electron chi connectivity index (χ0n) is 16.5. The van der Waals surface area contributed by atoms with Crippen LogP contribution >= 0.6 is 7.60 Å². The molecule has 0 saturated heterocycles. The highest BCUT2D eigenvalue weighted by Crippen LogP contribution is 2.54. The molecule has 1 atom stereocenters. The van der Waals surface area contributed by atoms with Crippen LogP contribution in [0.4, 0.5) is 0 Å². The van der Waals surface area contributed by atoms with Crippen LogP contribution in [0.2, 0.25) is 0 Å². The van der Waals surface area contributed by atoms with E-state index in [9.17, 15) is 14.2 Å². The smallest absolute Gasteiger partial charge is 0.345 e. The number of aromatic nitrogens is 1. The van der Waals surface area contributed by atoms with E-state index < -0.39 is 25.2 Å². The molecule has 0 radical (unpaired) electrons. The molecule has 0 fully saturated rings. The quantitative estimate of drug-likeness (QED) is 0.470. The lowest BCUT2D eigenvalue weighted by Gasteiger charge is -2.24. The average Bonchev–Trinajstić information content (AvgIpc) is 3.08. The normalized spacial score (nSPS) is 12.7. The fraction of sp³-hybridized carbons (Fsp3) is 0.474. The van der Waals surface area contributed by atoms with Crippen molar-refractivity contribution in [3.8, 4) is 0 Å². The Morgan fingerprint density at radius 2 is 1.79 bits per heavy atom. The van der Waals surface area contributed by atoms with Crippen LogP contribution in [0.3, 0.4) is 0 Å². The molecule has 28 heavy (non-hydrogen) atoms. The zero-order valence-corrected chi connectivity index (χ0v) is 17.4. The van der Waals surface area contributed by atoms with Crippen LogP contribution in [-0.4, -0.2) is 49.5 Å². The van der Waals surface area contributed by atoms with Crippen LogP contribution in [0.15, 0.2) is 24.4 Å². The molecule has 0 aliphatic heterocycles. The zero-order chi connectivity index (χ0) is 20.7. The number of esters is 2. The maximum Gasteiger partial charge on any atom is 0.345 e. The Bertz CT molecular complexity index is 866. The highest BCUT2D eigenvalue weighted by Gasteiger charge is 2.42. The lowest BCUT2D eigenvalue weighted by Crippen LogP contribution is -2.28. The first-order valence-corrected chi connectivity index (χ1v) is 10.7. The van der Waals surface area contributed by atoms with Gasteiger partial charge in [-0.3, -0.25) is 9.36 Å². The van der Waals surface area contributed by atoms with Gasteiger partial charge in [-0.25, -0.2) is 4.79 Å². The van der Waals surface area contributed by atoms with Crippen LogP contribution in [0, 0.1) is 0 Å². The Kier molecular flexibility index (Phi) is 7.80. The summed E-state index contributed by atoms with van der Waals surface area (Å²) in [5.74, 6) is -1.11. The third kappa shape index (κ3) is 4.82. The maximum atomic E-state index is 13.3. The summed E-state index contributed by atoms with van der Waals surface area (Å²) in [4.78, 5) is 27.5. The van der Waals surface area contributed by atoms with Crippen LogP contribution in [-0.2, 0) is 34.3 Å². The fourth-order valence-electron chi connectivity index (χ4n) is 2.94. The summed E-state index contributed by atoms with van der Waals surface area (Å²) in [7, 11) is -2.44. The molecule has 154 valence electrons. The molecule has 8 nitrogen and oxygen atoms in total. The number of H-pyrrole nitrogens is 1. The standard InChI is InChI=1S/C19H26NO7P/c1-5-25-19(22)17(28(23,26-6-2)27-7-3)11-14-12-20-16-9-8-13(10-15(14)16)18(21)24-4/h8-10,12,17,20H,5-7,11H2,1-4H3. The van der Waals surface area contributed by atoms with Crippen LogP contribution in [0.25, 0.3) is 10.9 Å². The van der Waals surface area contributed by atoms with Gasteiger partial charge < -0.3 is 23.5 Å². The highest BCUT2D eigenvalue weighted by atomic mass is 31.2. The summed E-state index contributed by atoms with van der Waals surface area (Å²) in [6, 6.07) is 5.05. The molecule has 2 aromatic rings. The first-order chi connectivity index (χ1) is 13.4. The van der Waals surface area contributed by atoms with E-state index >= 15 is 0 Å². The molecule has 1 aromatic heterocycles. The van der Waals surface area contributed by atoms with E-state index in [0.717, 1.165) is 10.9 Å². The molecule has 0 spiro atoms. The SMILES string of the molecule is CCOC(=O)C(Cc1c[nH]c2ccc(C(=O)OC)cc12)P(=O)(OCC)OCC. The molecule has 0 amide bonds. The second-order valence-electron chi connectivity index (χ2n) is 5.91. The number of hydrogen-bond acceptors (Lipinski definition) is 7. The number of aromatic amines is 1. The summed E-state index contributed by atoms with van der Waals surface area (Å²) in [5, 5.41) is 0.719. The molecule has 0 bridgehead atoms. The van der Waals surface area contributed by atoms with E-state index in [-0.39, 0.29) is 26.2 Å². The molecule has 2 rings (SSSR count).